The fraction of sp³-hybridized carbons (Fsp3) is 1.00. The molecule has 32 heavy (non-hydrogen) atoms. The molecule has 0 atom stereocenters. The largest absolute Gasteiger partial charge is 0.0680 e. The van der Waals surface area contributed by atoms with Crippen LogP contribution in [0.25, 0.3) is 0 Å². The lowest BCUT2D eigenvalue weighted by molar-refractivity contribution is 1.01. The zero-order chi connectivity index (χ0) is 24.6. The van der Waals surface area contributed by atoms with E-state index in [0.717, 1.165) is 0 Å². The summed E-state index contributed by atoms with van der Waals surface area (Å²) < 4.78 is 0. The molecule has 2 bridgehead atoms. The van der Waals surface area contributed by atoms with E-state index < -0.39 is 45.5 Å². The summed E-state index contributed by atoms with van der Waals surface area (Å²) in [6.45, 7) is 33.2. The van der Waals surface area contributed by atoms with Gasteiger partial charge in [0.25, 0.3) is 0 Å². The van der Waals surface area contributed by atoms with Crippen LogP contribution in [0.4, 0.5) is 0 Å². The molecular formula is C26H62Si6. The van der Waals surface area contributed by atoms with Crippen LogP contribution in [0.5, 0.6) is 0 Å². The van der Waals surface area contributed by atoms with E-state index >= 15 is 0 Å². The molecule has 3 rings (SSSR count). The minimum absolute atomic E-state index is 1.26. The average Bonchev–Trinajstić information content (AvgIpc) is 2.86. The molecule has 0 N–H and O–H groups in total. The smallest absolute Gasteiger partial charge is 0.0446 e. The normalized spacial score (nSPS) is 30.4. The van der Waals surface area contributed by atoms with Gasteiger partial charge in [0.2, 0.25) is 0 Å². The van der Waals surface area contributed by atoms with Crippen molar-refractivity contribution >= 4 is 45.5 Å². The third-order valence-electron chi connectivity index (χ3n) is 13.9. The van der Waals surface area contributed by atoms with Crippen LogP contribution in [-0.4, -0.2) is 45.5 Å². The van der Waals surface area contributed by atoms with E-state index in [4.69, 9.17) is 0 Å². The molecule has 6 heteroatoms. The summed E-state index contributed by atoms with van der Waals surface area (Å²) in [5.41, 5.74) is 0. The third-order valence-corrected chi connectivity index (χ3v) is 108. The molecule has 0 aromatic rings. The molecule has 3 aliphatic heterocycles. The van der Waals surface area contributed by atoms with Crippen LogP contribution in [0.3, 0.4) is 0 Å². The molecule has 3 heterocycles. The summed E-state index contributed by atoms with van der Waals surface area (Å²) in [6, 6.07) is 20.3. The minimum Gasteiger partial charge on any atom is -0.0680 e. The highest BCUT2D eigenvalue weighted by Crippen LogP contribution is 2.76. The second-order valence-electron chi connectivity index (χ2n) is 12.0. The van der Waals surface area contributed by atoms with Gasteiger partial charge >= 0.3 is 0 Å². The number of fused-ring (bicyclic) bond motifs is 3. The van der Waals surface area contributed by atoms with Gasteiger partial charge in [-0.15, -0.1) is 0 Å². The van der Waals surface area contributed by atoms with Crippen LogP contribution in [0, 0.1) is 0 Å². The highest BCUT2D eigenvalue weighted by Gasteiger charge is 2.87. The molecule has 0 spiro atoms. The van der Waals surface area contributed by atoms with Crippen molar-refractivity contribution in [3.05, 3.63) is 0 Å². The highest BCUT2D eigenvalue weighted by atomic mass is 29.4. The summed E-state index contributed by atoms with van der Waals surface area (Å²) in [7, 11) is -7.53. The number of hydrogen-bond donors (Lipinski definition) is 0. The second-order valence-corrected chi connectivity index (χ2v) is 59.3. The maximum Gasteiger partial charge on any atom is 0.0446 e. The van der Waals surface area contributed by atoms with Crippen molar-refractivity contribution < 1.29 is 0 Å². The molecule has 0 aliphatic carbocycles. The summed E-state index contributed by atoms with van der Waals surface area (Å²) in [5, 5.41) is 0. The van der Waals surface area contributed by atoms with E-state index in [1.54, 1.807) is 72.5 Å². The van der Waals surface area contributed by atoms with Crippen molar-refractivity contribution in [2.45, 2.75) is 165 Å². The first kappa shape index (κ1) is 29.5. The molecular weight excluding hydrogens is 481 g/mol. The van der Waals surface area contributed by atoms with Gasteiger partial charge in [-0.25, -0.2) is 0 Å². The van der Waals surface area contributed by atoms with Crippen LogP contribution < -0.4 is 0 Å². The zero-order valence-electron chi connectivity index (χ0n) is 24.6. The van der Waals surface area contributed by atoms with Crippen molar-refractivity contribution in [1.82, 2.24) is 0 Å². The molecule has 3 fully saturated rings. The Bertz CT molecular complexity index is 468. The average molecular weight is 543 g/mol. The van der Waals surface area contributed by atoms with Crippen molar-refractivity contribution in [2.24, 2.45) is 0 Å². The van der Waals surface area contributed by atoms with Gasteiger partial charge in [0, 0.05) is 45.5 Å². The lowest BCUT2D eigenvalue weighted by atomic mass is 10.9. The van der Waals surface area contributed by atoms with Crippen molar-refractivity contribution in [3.8, 4) is 0 Å². The highest BCUT2D eigenvalue weighted by molar-refractivity contribution is 7.77. The summed E-state index contributed by atoms with van der Waals surface area (Å²) >= 11 is 0. The van der Waals surface area contributed by atoms with Crippen LogP contribution in [0.1, 0.15) is 83.1 Å². The Balaban J connectivity index is 3.30. The van der Waals surface area contributed by atoms with Gasteiger partial charge in [-0.05, 0) is 0 Å². The van der Waals surface area contributed by atoms with Gasteiger partial charge in [0.1, 0.15) is 0 Å². The van der Waals surface area contributed by atoms with E-state index in [1.165, 1.54) is 9.58 Å². The second kappa shape index (κ2) is 10.3. The van der Waals surface area contributed by atoms with Gasteiger partial charge in [-0.2, -0.15) is 0 Å². The maximum absolute atomic E-state index is 2.76. The molecule has 0 aromatic carbocycles. The molecule has 3 aliphatic rings. The fourth-order valence-corrected chi connectivity index (χ4v) is 177. The maximum atomic E-state index is 2.76. The van der Waals surface area contributed by atoms with Crippen molar-refractivity contribution in [2.75, 3.05) is 0 Å². The third kappa shape index (κ3) is 2.86. The molecule has 3 saturated heterocycles. The lowest BCUT2D eigenvalue weighted by Crippen LogP contribution is -3.00. The molecule has 0 saturated carbocycles. The first-order chi connectivity index (χ1) is 15.2. The lowest BCUT2D eigenvalue weighted by Gasteiger charge is -2.85. The monoisotopic (exact) mass is 542 g/mol. The van der Waals surface area contributed by atoms with E-state index in [2.05, 4.69) is 83.1 Å². The standard InChI is InChI=1S/C26H62Si6/c1-13-27(14-2)25-29(17-5,18-6)31(21-9,22-10)26(28(27,15-3)16-4)32(23-11,24-12)30(25,19-7)20-8/h25-26H,13-24H2,1-12H3. The minimum atomic E-state index is -1.26. The Kier molecular flexibility index (Phi) is 9.55. The van der Waals surface area contributed by atoms with E-state index in [1.807, 2.05) is 0 Å². The van der Waals surface area contributed by atoms with Crippen LogP contribution in [0.2, 0.25) is 82.1 Å². The molecule has 0 radical (unpaired) electrons. The number of rotatable bonds is 12. The molecule has 0 nitrogen and oxygen atoms in total. The van der Waals surface area contributed by atoms with Gasteiger partial charge in [0.05, 0.1) is 0 Å². The van der Waals surface area contributed by atoms with Gasteiger partial charge in [-0.1, -0.05) is 165 Å². The topological polar surface area (TPSA) is 0 Å². The van der Waals surface area contributed by atoms with Crippen LogP contribution >= 0.6 is 0 Å². The Morgan fingerprint density at radius 2 is 0.344 bits per heavy atom. The van der Waals surface area contributed by atoms with Gasteiger partial charge in [0.15, 0.2) is 0 Å². The van der Waals surface area contributed by atoms with E-state index in [9.17, 15) is 0 Å². The van der Waals surface area contributed by atoms with Crippen molar-refractivity contribution in [1.29, 1.82) is 0 Å². The van der Waals surface area contributed by atoms with Gasteiger partial charge < -0.3 is 0 Å². The first-order valence-electron chi connectivity index (χ1n) is 15.2. The Morgan fingerprint density at radius 1 is 0.250 bits per heavy atom. The Morgan fingerprint density at radius 3 is 0.406 bits per heavy atom. The van der Waals surface area contributed by atoms with E-state index in [0.29, 0.717) is 0 Å². The quantitative estimate of drug-likeness (QED) is 0.215. The predicted molar refractivity (Wildman–Crippen MR) is 168 cm³/mol. The summed E-state index contributed by atoms with van der Waals surface area (Å²) in [6.07, 6.45) is 0. The fourth-order valence-electron chi connectivity index (χ4n) is 13.1. The van der Waals surface area contributed by atoms with Crippen molar-refractivity contribution in [3.63, 3.8) is 0 Å². The Hall–Kier alpha value is 1.30. The Labute approximate surface area is 210 Å². The molecule has 0 amide bonds. The first-order valence-corrected chi connectivity index (χ1v) is 33.2. The molecule has 0 unspecified atom stereocenters. The SMILES string of the molecule is CC[Si]1(CC)C2[Si](CC)(CC)[Si](CC)(CC)C([Si]1(CC)CC)[Si](CC)(CC)[Si]2(CC)CC. The van der Waals surface area contributed by atoms with Crippen LogP contribution in [0.15, 0.2) is 0 Å². The number of hydrogen-bond acceptors (Lipinski definition) is 0. The molecule has 190 valence electrons. The molecule has 0 aromatic heterocycles. The van der Waals surface area contributed by atoms with Gasteiger partial charge in [-0.3, -0.25) is 0 Å². The zero-order valence-corrected chi connectivity index (χ0v) is 30.6. The van der Waals surface area contributed by atoms with Crippen LogP contribution in [-0.2, 0) is 0 Å². The predicted octanol–water partition coefficient (Wildman–Crippen LogP) is 10.1. The summed E-state index contributed by atoms with van der Waals surface area (Å²) in [5.74, 6) is 0. The van der Waals surface area contributed by atoms with E-state index in [-0.39, 0.29) is 0 Å². The summed E-state index contributed by atoms with van der Waals surface area (Å²) in [4.78, 5) is 2.88.